The summed E-state index contributed by atoms with van der Waals surface area (Å²) in [6.07, 6.45) is 6.91. The molecular formula is C15H23NaO5S. The van der Waals surface area contributed by atoms with Gasteiger partial charge in [-0.05, 0) is 30.7 Å². The first-order valence-electron chi connectivity index (χ1n) is 7.21. The molecule has 1 aromatic carbocycles. The Hall–Kier alpha value is -0.400. The molecule has 0 atom stereocenters. The second kappa shape index (κ2) is 11.2. The van der Waals surface area contributed by atoms with Crippen molar-refractivity contribution in [3.8, 4) is 5.75 Å². The quantitative estimate of drug-likeness (QED) is 0.246. The van der Waals surface area contributed by atoms with Crippen LogP contribution in [0.5, 0.6) is 5.75 Å². The number of unbranched alkanes of at least 4 members (excludes halogenated alkanes) is 5. The van der Waals surface area contributed by atoms with E-state index in [0.29, 0.717) is 6.42 Å². The van der Waals surface area contributed by atoms with Crippen LogP contribution in [0.15, 0.2) is 29.2 Å². The Bertz CT molecular complexity index is 540. The van der Waals surface area contributed by atoms with Gasteiger partial charge in [-0.2, -0.15) is 8.42 Å². The van der Waals surface area contributed by atoms with E-state index in [-0.39, 0.29) is 46.2 Å². The van der Waals surface area contributed by atoms with E-state index in [1.807, 2.05) is 0 Å². The molecular weight excluding hydrogens is 315 g/mol. The van der Waals surface area contributed by atoms with E-state index in [1.54, 1.807) is 0 Å². The van der Waals surface area contributed by atoms with Crippen molar-refractivity contribution >= 4 is 45.6 Å². The maximum atomic E-state index is 11.6. The molecule has 7 heteroatoms. The maximum absolute atomic E-state index is 11.6. The molecule has 1 N–H and O–H groups in total. The fraction of sp³-hybridized carbons (Fsp3) is 0.533. The van der Waals surface area contributed by atoms with E-state index in [2.05, 4.69) is 6.92 Å². The number of benzene rings is 1. The fourth-order valence-electron chi connectivity index (χ4n) is 1.91. The molecule has 0 aliphatic carbocycles. The van der Waals surface area contributed by atoms with E-state index in [9.17, 15) is 13.2 Å². The van der Waals surface area contributed by atoms with Crippen molar-refractivity contribution in [2.24, 2.45) is 0 Å². The fourth-order valence-corrected chi connectivity index (χ4v) is 2.39. The predicted molar refractivity (Wildman–Crippen MR) is 87.0 cm³/mol. The predicted octanol–water partition coefficient (Wildman–Crippen LogP) is 2.94. The molecule has 0 unspecified atom stereocenters. The van der Waals surface area contributed by atoms with Crippen LogP contribution in [0.4, 0.5) is 0 Å². The normalized spacial score (nSPS) is 10.8. The number of ether oxygens (including phenoxy) is 1. The summed E-state index contributed by atoms with van der Waals surface area (Å²) in [6, 6.07) is 5.09. The van der Waals surface area contributed by atoms with Crippen molar-refractivity contribution in [2.75, 3.05) is 0 Å². The minimum absolute atomic E-state index is 0. The monoisotopic (exact) mass is 338 g/mol. The van der Waals surface area contributed by atoms with Crippen molar-refractivity contribution < 1.29 is 22.5 Å². The minimum atomic E-state index is -4.21. The zero-order chi connectivity index (χ0) is 15.7. The van der Waals surface area contributed by atoms with Crippen LogP contribution in [-0.2, 0) is 14.9 Å². The van der Waals surface area contributed by atoms with Crippen LogP contribution in [0.2, 0.25) is 0 Å². The summed E-state index contributed by atoms with van der Waals surface area (Å²) in [5, 5.41) is 0. The van der Waals surface area contributed by atoms with Gasteiger partial charge in [0.1, 0.15) is 5.75 Å². The zero-order valence-electron chi connectivity index (χ0n) is 12.2. The summed E-state index contributed by atoms with van der Waals surface area (Å²) >= 11 is 0. The van der Waals surface area contributed by atoms with Crippen LogP contribution in [0.3, 0.4) is 0 Å². The molecule has 0 bridgehead atoms. The Kier molecular flexibility index (Phi) is 11.0. The molecule has 1 rings (SSSR count). The zero-order valence-corrected chi connectivity index (χ0v) is 13.1. The molecule has 0 aromatic heterocycles. The molecule has 0 aliphatic rings. The molecule has 0 heterocycles. The average Bonchev–Trinajstić information content (AvgIpc) is 2.42. The Balaban J connectivity index is 0.00000441. The van der Waals surface area contributed by atoms with Gasteiger partial charge in [-0.15, -0.1) is 0 Å². The van der Waals surface area contributed by atoms with Crippen LogP contribution in [0.25, 0.3) is 0 Å². The van der Waals surface area contributed by atoms with Crippen molar-refractivity contribution in [1.82, 2.24) is 0 Å². The van der Waals surface area contributed by atoms with Crippen molar-refractivity contribution in [3.05, 3.63) is 24.3 Å². The molecule has 0 spiro atoms. The third kappa shape index (κ3) is 8.90. The van der Waals surface area contributed by atoms with Gasteiger partial charge < -0.3 is 4.74 Å². The number of esters is 1. The summed E-state index contributed by atoms with van der Waals surface area (Å²) in [5.74, 6) is -0.0523. The first kappa shape index (κ1) is 21.6. The molecule has 0 radical (unpaired) electrons. The number of hydrogen-bond acceptors (Lipinski definition) is 4. The molecule has 0 saturated heterocycles. The molecule has 0 aliphatic heterocycles. The van der Waals surface area contributed by atoms with Crippen LogP contribution in [0, 0.1) is 0 Å². The van der Waals surface area contributed by atoms with Crippen LogP contribution >= 0.6 is 0 Å². The van der Waals surface area contributed by atoms with Crippen molar-refractivity contribution in [3.63, 3.8) is 0 Å². The van der Waals surface area contributed by atoms with Gasteiger partial charge in [0, 0.05) is 6.42 Å². The summed E-state index contributed by atoms with van der Waals surface area (Å²) in [5.41, 5.74) is 0. The topological polar surface area (TPSA) is 80.7 Å². The summed E-state index contributed by atoms with van der Waals surface area (Å²) < 4.78 is 35.7. The Labute approximate surface area is 154 Å². The van der Waals surface area contributed by atoms with Gasteiger partial charge in [0.25, 0.3) is 10.1 Å². The first-order valence-corrected chi connectivity index (χ1v) is 8.65. The summed E-state index contributed by atoms with van der Waals surface area (Å²) in [7, 11) is -4.21. The van der Waals surface area contributed by atoms with E-state index in [0.717, 1.165) is 19.3 Å². The van der Waals surface area contributed by atoms with E-state index >= 15 is 0 Å². The van der Waals surface area contributed by atoms with Gasteiger partial charge in [-0.25, -0.2) is 0 Å². The number of carbonyl (C=O) groups excluding carboxylic acids is 1. The molecule has 1 aromatic rings. The molecule has 5 nitrogen and oxygen atoms in total. The third-order valence-electron chi connectivity index (χ3n) is 3.09. The summed E-state index contributed by atoms with van der Waals surface area (Å²) in [6.45, 7) is 2.16. The van der Waals surface area contributed by atoms with Gasteiger partial charge in [0.15, 0.2) is 0 Å². The van der Waals surface area contributed by atoms with Gasteiger partial charge in [0.2, 0.25) is 0 Å². The van der Waals surface area contributed by atoms with Crippen molar-refractivity contribution in [1.29, 1.82) is 0 Å². The molecule has 0 fully saturated rings. The number of carbonyl (C=O) groups is 1. The average molecular weight is 338 g/mol. The SMILES string of the molecule is CCCCCCCCC(=O)Oc1ccc(S(=O)(=O)O)cc1.[NaH]. The second-order valence-electron chi connectivity index (χ2n) is 4.94. The van der Waals surface area contributed by atoms with Gasteiger partial charge >= 0.3 is 35.5 Å². The molecule has 0 saturated carbocycles. The Morgan fingerprint density at radius 2 is 1.59 bits per heavy atom. The third-order valence-corrected chi connectivity index (χ3v) is 3.96. The van der Waals surface area contributed by atoms with E-state index < -0.39 is 10.1 Å². The van der Waals surface area contributed by atoms with Gasteiger partial charge in [-0.1, -0.05) is 39.0 Å². The van der Waals surface area contributed by atoms with Gasteiger partial charge in [-0.3, -0.25) is 9.35 Å². The second-order valence-corrected chi connectivity index (χ2v) is 6.36. The van der Waals surface area contributed by atoms with E-state index in [4.69, 9.17) is 9.29 Å². The Morgan fingerprint density at radius 1 is 1.05 bits per heavy atom. The van der Waals surface area contributed by atoms with Crippen LogP contribution < -0.4 is 4.74 Å². The standard InChI is InChI=1S/C15H22O5S.Na.H/c1-2-3-4-5-6-7-8-15(16)20-13-9-11-14(12-10-13)21(17,18)19;;/h9-12H,2-8H2,1H3,(H,17,18,19);;. The Morgan fingerprint density at radius 3 is 2.14 bits per heavy atom. The molecule has 120 valence electrons. The van der Waals surface area contributed by atoms with Crippen LogP contribution in [-0.4, -0.2) is 48.5 Å². The van der Waals surface area contributed by atoms with Gasteiger partial charge in [0.05, 0.1) is 4.90 Å². The van der Waals surface area contributed by atoms with E-state index in [1.165, 1.54) is 43.5 Å². The number of hydrogen-bond donors (Lipinski definition) is 1. The number of rotatable bonds is 9. The first-order chi connectivity index (χ1) is 9.93. The van der Waals surface area contributed by atoms with Crippen LogP contribution in [0.1, 0.15) is 51.9 Å². The van der Waals surface area contributed by atoms with Crippen molar-refractivity contribution in [2.45, 2.75) is 56.8 Å². The summed E-state index contributed by atoms with van der Waals surface area (Å²) in [4.78, 5) is 11.4. The molecule has 22 heavy (non-hydrogen) atoms. The molecule has 0 amide bonds.